The second-order valence-electron chi connectivity index (χ2n) is 4.84. The van der Waals surface area contributed by atoms with E-state index in [4.69, 9.17) is 12.2 Å². The Morgan fingerprint density at radius 1 is 1.32 bits per heavy atom. The van der Waals surface area contributed by atoms with E-state index in [0.29, 0.717) is 10.6 Å². The number of pyridine rings is 1. The number of halogens is 1. The van der Waals surface area contributed by atoms with Crippen molar-refractivity contribution in [3.8, 4) is 11.4 Å². The molecule has 0 unspecified atom stereocenters. The van der Waals surface area contributed by atoms with Crippen molar-refractivity contribution >= 4 is 28.1 Å². The van der Waals surface area contributed by atoms with Gasteiger partial charge in [-0.25, -0.2) is 4.98 Å². The highest BCUT2D eigenvalue weighted by molar-refractivity contribution is 9.10. The summed E-state index contributed by atoms with van der Waals surface area (Å²) >= 11 is 8.95. The Morgan fingerprint density at radius 2 is 2.11 bits per heavy atom. The van der Waals surface area contributed by atoms with Crippen LogP contribution in [-0.4, -0.2) is 15.0 Å². The largest absolute Gasteiger partial charge is 0.342 e. The number of nitrogens with zero attached hydrogens (tertiary/aromatic N) is 2. The van der Waals surface area contributed by atoms with Gasteiger partial charge in [-0.2, -0.15) is 0 Å². The molecule has 1 fully saturated rings. The summed E-state index contributed by atoms with van der Waals surface area (Å²) in [5.74, 6) is 1.37. The number of aromatic nitrogens is 3. The second kappa shape index (κ2) is 5.51. The van der Waals surface area contributed by atoms with Crippen molar-refractivity contribution in [2.24, 2.45) is 0 Å². The number of hydrogen-bond donors (Lipinski definition) is 1. The molecule has 0 amide bonds. The molecule has 5 heteroatoms. The Balaban J connectivity index is 2.10. The number of hydrogen-bond acceptors (Lipinski definition) is 3. The molecule has 2 aromatic rings. The molecule has 0 aliphatic heterocycles. The molecule has 0 radical (unpaired) electrons. The zero-order chi connectivity index (χ0) is 13.2. The van der Waals surface area contributed by atoms with E-state index in [2.05, 4.69) is 30.9 Å². The molecule has 98 valence electrons. The average Bonchev–Trinajstić information content (AvgIpc) is 2.96. The van der Waals surface area contributed by atoms with Crippen LogP contribution in [0.4, 0.5) is 0 Å². The Bertz CT molecular complexity index is 633. The minimum atomic E-state index is 0.564. The van der Waals surface area contributed by atoms with Crippen LogP contribution in [0.1, 0.15) is 37.3 Å². The van der Waals surface area contributed by atoms with Gasteiger partial charge in [0, 0.05) is 29.6 Å². The first kappa shape index (κ1) is 12.9. The monoisotopic (exact) mass is 335 g/mol. The van der Waals surface area contributed by atoms with Crippen LogP contribution < -0.4 is 0 Å². The van der Waals surface area contributed by atoms with Crippen LogP contribution in [0.5, 0.6) is 0 Å². The van der Waals surface area contributed by atoms with Gasteiger partial charge in [0.15, 0.2) is 0 Å². The Kier molecular flexibility index (Phi) is 3.75. The van der Waals surface area contributed by atoms with E-state index >= 15 is 0 Å². The maximum absolute atomic E-state index is 5.37. The Morgan fingerprint density at radius 3 is 2.79 bits per heavy atom. The smallest absolute Gasteiger partial charge is 0.144 e. The first-order valence-electron chi connectivity index (χ1n) is 6.46. The molecule has 1 saturated carbocycles. The summed E-state index contributed by atoms with van der Waals surface area (Å²) in [5.41, 5.74) is 2.16. The molecule has 3 nitrogen and oxygen atoms in total. The molecule has 0 aromatic carbocycles. The number of rotatable bonds is 2. The van der Waals surface area contributed by atoms with Crippen LogP contribution >= 0.6 is 28.1 Å². The predicted octanol–water partition coefficient (Wildman–Crippen LogP) is 4.62. The van der Waals surface area contributed by atoms with Crippen molar-refractivity contribution in [2.75, 3.05) is 0 Å². The minimum absolute atomic E-state index is 0.564. The highest BCUT2D eigenvalue weighted by atomic mass is 79.9. The van der Waals surface area contributed by atoms with Crippen LogP contribution in [0.15, 0.2) is 29.0 Å². The van der Waals surface area contributed by atoms with Gasteiger partial charge in [0.1, 0.15) is 10.5 Å². The topological polar surface area (TPSA) is 41.6 Å². The van der Waals surface area contributed by atoms with Gasteiger partial charge in [-0.1, -0.05) is 25.1 Å². The molecule has 2 heterocycles. The lowest BCUT2D eigenvalue weighted by Gasteiger charge is -2.13. The van der Waals surface area contributed by atoms with Gasteiger partial charge < -0.3 is 4.98 Å². The van der Waals surface area contributed by atoms with E-state index in [1.54, 1.807) is 12.4 Å². The van der Waals surface area contributed by atoms with E-state index < -0.39 is 0 Å². The lowest BCUT2D eigenvalue weighted by Crippen LogP contribution is -2.02. The third-order valence-electron chi connectivity index (χ3n) is 3.59. The number of nitrogens with one attached hydrogen (secondary N) is 1. The third kappa shape index (κ3) is 2.62. The Hall–Kier alpha value is -1.07. The Labute approximate surface area is 125 Å². The van der Waals surface area contributed by atoms with E-state index in [0.717, 1.165) is 15.9 Å². The number of H-pyrrole nitrogens is 1. The molecule has 0 bridgehead atoms. The van der Waals surface area contributed by atoms with Gasteiger partial charge in [0.2, 0.25) is 0 Å². The van der Waals surface area contributed by atoms with Crippen LogP contribution in [0.2, 0.25) is 0 Å². The first-order chi connectivity index (χ1) is 9.25. The van der Waals surface area contributed by atoms with Gasteiger partial charge in [0.25, 0.3) is 0 Å². The van der Waals surface area contributed by atoms with Gasteiger partial charge in [-0.05, 0) is 40.9 Å². The van der Waals surface area contributed by atoms with E-state index in [1.165, 1.54) is 31.4 Å². The highest BCUT2D eigenvalue weighted by Gasteiger charge is 2.21. The van der Waals surface area contributed by atoms with E-state index in [1.807, 2.05) is 12.1 Å². The van der Waals surface area contributed by atoms with Crippen LogP contribution in [0, 0.1) is 4.64 Å². The van der Waals surface area contributed by atoms with Gasteiger partial charge >= 0.3 is 0 Å². The maximum Gasteiger partial charge on any atom is 0.144 e. The average molecular weight is 336 g/mol. The van der Waals surface area contributed by atoms with Crippen molar-refractivity contribution in [3.63, 3.8) is 0 Å². The van der Waals surface area contributed by atoms with Crippen LogP contribution in [-0.2, 0) is 0 Å². The second-order valence-corrected chi connectivity index (χ2v) is 6.02. The zero-order valence-corrected chi connectivity index (χ0v) is 12.8. The molecule has 2 aromatic heterocycles. The summed E-state index contributed by atoms with van der Waals surface area (Å²) in [5, 5.41) is 0. The molecule has 19 heavy (non-hydrogen) atoms. The first-order valence-corrected chi connectivity index (χ1v) is 7.66. The standard InChI is InChI=1S/C14H14BrN3S/c15-11-12(9-4-1-2-5-9)17-13(18-14(11)19)10-6-3-7-16-8-10/h3,6-9H,1-2,4-5H2,(H,17,18,19). The molecular formula is C14H14BrN3S. The fourth-order valence-corrected chi connectivity index (χ4v) is 3.32. The lowest BCUT2D eigenvalue weighted by molar-refractivity contribution is 0.689. The SMILES string of the molecule is S=c1nc(-c2cccnc2)[nH]c(C2CCCC2)c1Br. The third-order valence-corrected chi connectivity index (χ3v) is 4.95. The fraction of sp³-hybridized carbons (Fsp3) is 0.357. The molecule has 0 atom stereocenters. The molecule has 1 aliphatic rings. The molecule has 1 aliphatic carbocycles. The molecule has 0 spiro atoms. The molecule has 1 N–H and O–H groups in total. The summed E-state index contributed by atoms with van der Waals surface area (Å²) in [6, 6.07) is 3.90. The quantitative estimate of drug-likeness (QED) is 0.814. The lowest BCUT2D eigenvalue weighted by atomic mass is 10.0. The van der Waals surface area contributed by atoms with Crippen molar-refractivity contribution in [2.45, 2.75) is 31.6 Å². The summed E-state index contributed by atoms with van der Waals surface area (Å²) in [6.45, 7) is 0. The van der Waals surface area contributed by atoms with Gasteiger partial charge in [-0.15, -0.1) is 0 Å². The molecule has 3 rings (SSSR count). The predicted molar refractivity (Wildman–Crippen MR) is 81.6 cm³/mol. The van der Waals surface area contributed by atoms with Gasteiger partial charge in [0.05, 0.1) is 4.47 Å². The molecular weight excluding hydrogens is 322 g/mol. The van der Waals surface area contributed by atoms with Crippen molar-refractivity contribution in [1.82, 2.24) is 15.0 Å². The van der Waals surface area contributed by atoms with Crippen LogP contribution in [0.3, 0.4) is 0 Å². The number of aromatic amines is 1. The van der Waals surface area contributed by atoms with E-state index in [-0.39, 0.29) is 0 Å². The van der Waals surface area contributed by atoms with Crippen LogP contribution in [0.25, 0.3) is 11.4 Å². The normalized spacial score (nSPS) is 15.8. The summed E-state index contributed by atoms with van der Waals surface area (Å²) < 4.78 is 1.57. The molecule has 0 saturated heterocycles. The fourth-order valence-electron chi connectivity index (χ4n) is 2.61. The summed E-state index contributed by atoms with van der Waals surface area (Å²) in [4.78, 5) is 12.0. The summed E-state index contributed by atoms with van der Waals surface area (Å²) in [6.07, 6.45) is 8.60. The zero-order valence-electron chi connectivity index (χ0n) is 10.4. The highest BCUT2D eigenvalue weighted by Crippen LogP contribution is 2.37. The van der Waals surface area contributed by atoms with Crippen molar-refractivity contribution in [1.29, 1.82) is 0 Å². The van der Waals surface area contributed by atoms with Gasteiger partial charge in [-0.3, -0.25) is 4.98 Å². The van der Waals surface area contributed by atoms with Crippen molar-refractivity contribution < 1.29 is 0 Å². The summed E-state index contributed by atoms with van der Waals surface area (Å²) in [7, 11) is 0. The maximum atomic E-state index is 5.37. The van der Waals surface area contributed by atoms with Crippen molar-refractivity contribution in [3.05, 3.63) is 39.3 Å². The minimum Gasteiger partial charge on any atom is -0.342 e. The van der Waals surface area contributed by atoms with E-state index in [9.17, 15) is 0 Å².